The molecule has 0 aromatic heterocycles. The van der Waals surface area contributed by atoms with Crippen molar-refractivity contribution in [2.45, 2.75) is 6.92 Å². The van der Waals surface area contributed by atoms with Crippen LogP contribution in [-0.2, 0) is 4.79 Å². The van der Waals surface area contributed by atoms with E-state index in [-0.39, 0.29) is 0 Å². The second-order valence-corrected chi connectivity index (χ2v) is 2.94. The molecule has 0 bridgehead atoms. The fourth-order valence-electron chi connectivity index (χ4n) is 1.10. The maximum Gasteiger partial charge on any atom is 0.328 e. The van der Waals surface area contributed by atoms with Gasteiger partial charge in [-0.1, -0.05) is 24.3 Å². The highest BCUT2D eigenvalue weighted by Gasteiger charge is 1.92. The third-order valence-electron chi connectivity index (χ3n) is 1.82. The monoisotopic (exact) mass is 191 g/mol. The molecule has 0 fully saturated rings. The van der Waals surface area contributed by atoms with Gasteiger partial charge in [0.1, 0.15) is 0 Å². The Morgan fingerprint density at radius 3 is 2.86 bits per heavy atom. The molecular formula is C11H13NO2. The first-order valence-electron chi connectivity index (χ1n) is 4.39. The summed E-state index contributed by atoms with van der Waals surface area (Å²) < 4.78 is 0. The lowest BCUT2D eigenvalue weighted by molar-refractivity contribution is -0.131. The van der Waals surface area contributed by atoms with Gasteiger partial charge in [-0.05, 0) is 18.6 Å². The van der Waals surface area contributed by atoms with Gasteiger partial charge < -0.3 is 10.4 Å². The zero-order valence-electron chi connectivity index (χ0n) is 8.03. The van der Waals surface area contributed by atoms with Gasteiger partial charge in [0.2, 0.25) is 0 Å². The molecule has 0 radical (unpaired) electrons. The third kappa shape index (κ3) is 3.31. The Balaban J connectivity index is 2.46. The fraction of sp³-hybridized carbons (Fsp3) is 0.182. The van der Waals surface area contributed by atoms with Gasteiger partial charge in [-0.3, -0.25) is 0 Å². The van der Waals surface area contributed by atoms with E-state index in [1.807, 2.05) is 31.2 Å². The van der Waals surface area contributed by atoms with Crippen LogP contribution < -0.4 is 5.32 Å². The highest BCUT2D eigenvalue weighted by Crippen LogP contribution is 2.12. The fourth-order valence-corrected chi connectivity index (χ4v) is 1.10. The largest absolute Gasteiger partial charge is 0.478 e. The number of aliphatic carboxylic acids is 1. The lowest BCUT2D eigenvalue weighted by atomic mass is 10.2. The van der Waals surface area contributed by atoms with Crippen molar-refractivity contribution in [2.75, 3.05) is 11.9 Å². The predicted molar refractivity (Wildman–Crippen MR) is 56.4 cm³/mol. The average molecular weight is 191 g/mol. The molecule has 3 heteroatoms. The van der Waals surface area contributed by atoms with Crippen LogP contribution in [0.1, 0.15) is 5.56 Å². The van der Waals surface area contributed by atoms with E-state index < -0.39 is 5.97 Å². The van der Waals surface area contributed by atoms with Gasteiger partial charge in [-0.25, -0.2) is 4.79 Å². The first-order chi connectivity index (χ1) is 6.70. The molecule has 0 amide bonds. The number of rotatable bonds is 4. The maximum absolute atomic E-state index is 10.2. The van der Waals surface area contributed by atoms with E-state index in [0.29, 0.717) is 6.54 Å². The number of anilines is 1. The van der Waals surface area contributed by atoms with Crippen LogP contribution in [0.25, 0.3) is 0 Å². The van der Waals surface area contributed by atoms with Crippen molar-refractivity contribution in [1.82, 2.24) is 0 Å². The zero-order chi connectivity index (χ0) is 10.4. The summed E-state index contributed by atoms with van der Waals surface area (Å²) in [6.07, 6.45) is 2.71. The Morgan fingerprint density at radius 2 is 2.21 bits per heavy atom. The lowest BCUT2D eigenvalue weighted by Crippen LogP contribution is -2.00. The van der Waals surface area contributed by atoms with E-state index >= 15 is 0 Å². The molecule has 0 aliphatic rings. The SMILES string of the molecule is Cc1ccccc1NC/C=C/C(=O)O. The number of aryl methyl sites for hydroxylation is 1. The van der Waals surface area contributed by atoms with Gasteiger partial charge in [0.05, 0.1) is 0 Å². The molecule has 1 rings (SSSR count). The normalized spacial score (nSPS) is 10.4. The highest BCUT2D eigenvalue weighted by atomic mass is 16.4. The molecule has 0 spiro atoms. The minimum atomic E-state index is -0.920. The molecule has 1 aromatic rings. The molecule has 0 atom stereocenters. The summed E-state index contributed by atoms with van der Waals surface area (Å²) in [5.41, 5.74) is 2.18. The van der Waals surface area contributed by atoms with E-state index in [9.17, 15) is 4.79 Å². The second kappa shape index (κ2) is 5.07. The van der Waals surface area contributed by atoms with Crippen LogP contribution >= 0.6 is 0 Å². The minimum Gasteiger partial charge on any atom is -0.478 e. The Hall–Kier alpha value is -1.77. The molecule has 0 saturated carbocycles. The molecule has 3 nitrogen and oxygen atoms in total. The molecule has 0 aliphatic carbocycles. The number of nitrogens with one attached hydrogen (secondary N) is 1. The van der Waals surface area contributed by atoms with Gasteiger partial charge in [-0.15, -0.1) is 0 Å². The van der Waals surface area contributed by atoms with Crippen molar-refractivity contribution < 1.29 is 9.90 Å². The third-order valence-corrected chi connectivity index (χ3v) is 1.82. The standard InChI is InChI=1S/C11H13NO2/c1-9-5-2-3-6-10(9)12-8-4-7-11(13)14/h2-7,12H,8H2,1H3,(H,13,14)/b7-4+. The first kappa shape index (κ1) is 10.3. The summed E-state index contributed by atoms with van der Waals surface area (Å²) in [6, 6.07) is 7.87. The Labute approximate surface area is 83.1 Å². The van der Waals surface area contributed by atoms with Gasteiger partial charge in [0, 0.05) is 18.3 Å². The van der Waals surface area contributed by atoms with Crippen LogP contribution in [0.3, 0.4) is 0 Å². The van der Waals surface area contributed by atoms with Crippen LogP contribution in [0.2, 0.25) is 0 Å². The summed E-state index contributed by atoms with van der Waals surface area (Å²) in [7, 11) is 0. The molecule has 0 heterocycles. The molecular weight excluding hydrogens is 178 g/mol. The number of benzene rings is 1. The Kier molecular flexibility index (Phi) is 3.73. The van der Waals surface area contributed by atoms with Gasteiger partial charge in [0.25, 0.3) is 0 Å². The summed E-state index contributed by atoms with van der Waals surface area (Å²) in [5, 5.41) is 11.5. The maximum atomic E-state index is 10.2. The quantitative estimate of drug-likeness (QED) is 0.716. The van der Waals surface area contributed by atoms with Crippen molar-refractivity contribution in [2.24, 2.45) is 0 Å². The van der Waals surface area contributed by atoms with Gasteiger partial charge in [0.15, 0.2) is 0 Å². The lowest BCUT2D eigenvalue weighted by Gasteiger charge is -2.05. The smallest absolute Gasteiger partial charge is 0.328 e. The van der Waals surface area contributed by atoms with Crippen molar-refractivity contribution in [3.05, 3.63) is 42.0 Å². The van der Waals surface area contributed by atoms with E-state index in [0.717, 1.165) is 17.3 Å². The van der Waals surface area contributed by atoms with Crippen molar-refractivity contribution in [1.29, 1.82) is 0 Å². The Morgan fingerprint density at radius 1 is 1.50 bits per heavy atom. The van der Waals surface area contributed by atoms with E-state index in [1.165, 1.54) is 0 Å². The summed E-state index contributed by atoms with van der Waals surface area (Å²) in [4.78, 5) is 10.2. The average Bonchev–Trinajstić information content (AvgIpc) is 2.15. The van der Waals surface area contributed by atoms with Crippen LogP contribution in [0, 0.1) is 6.92 Å². The van der Waals surface area contributed by atoms with Crippen molar-refractivity contribution >= 4 is 11.7 Å². The summed E-state index contributed by atoms with van der Waals surface area (Å²) in [6.45, 7) is 2.53. The molecule has 0 aliphatic heterocycles. The second-order valence-electron chi connectivity index (χ2n) is 2.94. The minimum absolute atomic E-state index is 0.525. The molecule has 14 heavy (non-hydrogen) atoms. The number of carbonyl (C=O) groups is 1. The molecule has 2 N–H and O–H groups in total. The molecule has 0 saturated heterocycles. The van der Waals surface area contributed by atoms with E-state index in [1.54, 1.807) is 6.08 Å². The zero-order valence-corrected chi connectivity index (χ0v) is 8.03. The first-order valence-corrected chi connectivity index (χ1v) is 4.39. The summed E-state index contributed by atoms with van der Waals surface area (Å²) in [5.74, 6) is -0.920. The number of carboxylic acids is 1. The van der Waals surface area contributed by atoms with E-state index in [2.05, 4.69) is 5.32 Å². The summed E-state index contributed by atoms with van der Waals surface area (Å²) >= 11 is 0. The van der Waals surface area contributed by atoms with E-state index in [4.69, 9.17) is 5.11 Å². The molecule has 74 valence electrons. The predicted octanol–water partition coefficient (Wildman–Crippen LogP) is 2.05. The van der Waals surface area contributed by atoms with Crippen LogP contribution in [0.5, 0.6) is 0 Å². The Bertz CT molecular complexity index is 345. The number of hydrogen-bond donors (Lipinski definition) is 2. The molecule has 1 aromatic carbocycles. The topological polar surface area (TPSA) is 49.3 Å². The van der Waals surface area contributed by atoms with Gasteiger partial charge in [-0.2, -0.15) is 0 Å². The van der Waals surface area contributed by atoms with Gasteiger partial charge >= 0.3 is 5.97 Å². The number of para-hydroxylation sites is 1. The van der Waals surface area contributed by atoms with Crippen LogP contribution in [0.4, 0.5) is 5.69 Å². The number of hydrogen-bond acceptors (Lipinski definition) is 2. The number of carboxylic acid groups (broad SMARTS) is 1. The highest BCUT2D eigenvalue weighted by molar-refractivity contribution is 5.79. The van der Waals surface area contributed by atoms with Crippen LogP contribution in [0.15, 0.2) is 36.4 Å². The van der Waals surface area contributed by atoms with Crippen molar-refractivity contribution in [3.63, 3.8) is 0 Å². The molecule has 0 unspecified atom stereocenters. The van der Waals surface area contributed by atoms with Crippen LogP contribution in [-0.4, -0.2) is 17.6 Å². The van der Waals surface area contributed by atoms with Crippen molar-refractivity contribution in [3.8, 4) is 0 Å².